The second-order valence-corrected chi connectivity index (χ2v) is 6.36. The number of ether oxygens (including phenoxy) is 1. The lowest BCUT2D eigenvalue weighted by Gasteiger charge is -2.32. The summed E-state index contributed by atoms with van der Waals surface area (Å²) in [6.07, 6.45) is -11.9. The van der Waals surface area contributed by atoms with Crippen molar-refractivity contribution in [3.05, 3.63) is 0 Å². The third-order valence-electron chi connectivity index (χ3n) is 2.44. The number of carbonyl (C=O) groups is 1. The van der Waals surface area contributed by atoms with Gasteiger partial charge in [-0.15, -0.1) is 0 Å². The number of carbonyl (C=O) groups excluding carboxylic acids is 1. The minimum Gasteiger partial charge on any atom is -0.461 e. The fraction of sp³-hybridized carbons (Fsp3) is 0.889. The van der Waals surface area contributed by atoms with Crippen molar-refractivity contribution < 1.29 is 41.0 Å². The zero-order valence-corrected chi connectivity index (χ0v) is 12.0. The fourth-order valence-electron chi connectivity index (χ4n) is 0.789. The molecule has 10 heteroatoms. The van der Waals surface area contributed by atoms with Crippen LogP contribution in [-0.4, -0.2) is 39.1 Å². The SMILES string of the molecule is CCC(C)(I)C(=O)OCC(O)(C(F)(F)F)C(F)(F)F. The molecule has 0 saturated heterocycles. The Kier molecular flexibility index (Phi) is 5.54. The molecule has 114 valence electrons. The normalized spacial score (nSPS) is 16.9. The molecule has 19 heavy (non-hydrogen) atoms. The van der Waals surface area contributed by atoms with E-state index in [0.29, 0.717) is 0 Å². The molecule has 0 radical (unpaired) electrons. The van der Waals surface area contributed by atoms with Gasteiger partial charge < -0.3 is 9.84 Å². The summed E-state index contributed by atoms with van der Waals surface area (Å²) in [6, 6.07) is 0. The molecule has 0 fully saturated rings. The van der Waals surface area contributed by atoms with E-state index in [1.165, 1.54) is 13.8 Å². The molecule has 0 aromatic rings. The number of halogens is 7. The Hall–Kier alpha value is -0.260. The van der Waals surface area contributed by atoms with E-state index < -0.39 is 34.0 Å². The van der Waals surface area contributed by atoms with Crippen molar-refractivity contribution in [2.24, 2.45) is 0 Å². The van der Waals surface area contributed by atoms with E-state index in [1.54, 1.807) is 22.6 Å². The lowest BCUT2D eigenvalue weighted by molar-refractivity contribution is -0.375. The standard InChI is InChI=1S/C9H11F6IO3/c1-3-6(2,16)5(17)19-4-7(18,8(10,11)12)9(13,14)15/h18H,3-4H2,1-2H3. The number of rotatable bonds is 4. The molecule has 3 nitrogen and oxygen atoms in total. The van der Waals surface area contributed by atoms with E-state index in [0.717, 1.165) is 0 Å². The van der Waals surface area contributed by atoms with Crippen molar-refractivity contribution in [2.45, 2.75) is 41.6 Å². The fourth-order valence-corrected chi connectivity index (χ4v) is 0.945. The van der Waals surface area contributed by atoms with Gasteiger partial charge in [-0.3, -0.25) is 4.79 Å². The quantitative estimate of drug-likeness (QED) is 0.337. The number of hydrogen-bond donors (Lipinski definition) is 1. The van der Waals surface area contributed by atoms with Crippen LogP contribution in [0.4, 0.5) is 26.3 Å². The number of hydrogen-bond acceptors (Lipinski definition) is 3. The summed E-state index contributed by atoms with van der Waals surface area (Å²) < 4.78 is 76.3. The van der Waals surface area contributed by atoms with E-state index in [4.69, 9.17) is 5.11 Å². The van der Waals surface area contributed by atoms with Crippen molar-refractivity contribution in [1.82, 2.24) is 0 Å². The second kappa shape index (κ2) is 5.62. The van der Waals surface area contributed by atoms with Crippen molar-refractivity contribution in [3.8, 4) is 0 Å². The van der Waals surface area contributed by atoms with Gasteiger partial charge in [0, 0.05) is 0 Å². The highest BCUT2D eigenvalue weighted by atomic mass is 127. The molecule has 0 aliphatic heterocycles. The van der Waals surface area contributed by atoms with Crippen LogP contribution < -0.4 is 0 Å². The maximum atomic E-state index is 12.3. The molecule has 0 saturated carbocycles. The molecule has 0 bridgehead atoms. The molecule has 1 atom stereocenters. The minimum absolute atomic E-state index is 0.142. The van der Waals surface area contributed by atoms with Crippen LogP contribution in [0.2, 0.25) is 0 Å². The topological polar surface area (TPSA) is 46.5 Å². The maximum Gasteiger partial charge on any atom is 0.429 e. The van der Waals surface area contributed by atoms with Gasteiger partial charge in [-0.2, -0.15) is 26.3 Å². The highest BCUT2D eigenvalue weighted by Crippen LogP contribution is 2.43. The van der Waals surface area contributed by atoms with Crippen molar-refractivity contribution >= 4 is 28.6 Å². The zero-order valence-electron chi connectivity index (χ0n) is 9.82. The van der Waals surface area contributed by atoms with E-state index in [-0.39, 0.29) is 6.42 Å². The largest absolute Gasteiger partial charge is 0.461 e. The molecule has 0 spiro atoms. The van der Waals surface area contributed by atoms with Crippen LogP contribution in [0.3, 0.4) is 0 Å². The van der Waals surface area contributed by atoms with Crippen molar-refractivity contribution in [3.63, 3.8) is 0 Å². The average molecular weight is 408 g/mol. The first-order chi connectivity index (χ1) is 8.19. The number of aliphatic hydroxyl groups is 1. The van der Waals surface area contributed by atoms with Gasteiger partial charge in [-0.25, -0.2) is 0 Å². The van der Waals surface area contributed by atoms with E-state index in [9.17, 15) is 31.1 Å². The van der Waals surface area contributed by atoms with E-state index >= 15 is 0 Å². The van der Waals surface area contributed by atoms with E-state index in [2.05, 4.69) is 4.74 Å². The molecule has 0 amide bonds. The van der Waals surface area contributed by atoms with Crippen LogP contribution >= 0.6 is 22.6 Å². The Morgan fingerprint density at radius 3 is 1.79 bits per heavy atom. The molecule has 1 unspecified atom stereocenters. The Morgan fingerprint density at radius 1 is 1.16 bits per heavy atom. The molecule has 0 rings (SSSR count). The van der Waals surface area contributed by atoms with E-state index in [1.807, 2.05) is 0 Å². The van der Waals surface area contributed by atoms with Crippen LogP contribution in [0.5, 0.6) is 0 Å². The van der Waals surface area contributed by atoms with Gasteiger partial charge in [0.05, 0.1) is 0 Å². The summed E-state index contributed by atoms with van der Waals surface area (Å²) in [5, 5.41) is 8.74. The average Bonchev–Trinajstić information content (AvgIpc) is 2.21. The Morgan fingerprint density at radius 2 is 1.53 bits per heavy atom. The Bertz CT molecular complexity index is 322. The summed E-state index contributed by atoms with van der Waals surface area (Å²) in [4.78, 5) is 11.3. The predicted octanol–water partition coefficient (Wildman–Crippen LogP) is 2.99. The second-order valence-electron chi connectivity index (χ2n) is 3.98. The van der Waals surface area contributed by atoms with Gasteiger partial charge in [0.1, 0.15) is 10.0 Å². The Labute approximate surface area is 118 Å². The number of esters is 1. The third-order valence-corrected chi connectivity index (χ3v) is 3.64. The highest BCUT2D eigenvalue weighted by Gasteiger charge is 2.71. The summed E-state index contributed by atoms with van der Waals surface area (Å²) in [6.45, 7) is 0.570. The first-order valence-corrected chi connectivity index (χ1v) is 5.99. The maximum absolute atomic E-state index is 12.3. The first-order valence-electron chi connectivity index (χ1n) is 4.91. The molecule has 0 aromatic heterocycles. The molecule has 1 N–H and O–H groups in total. The minimum atomic E-state index is -6.00. The molecule has 0 heterocycles. The van der Waals surface area contributed by atoms with Crippen LogP contribution in [0, 0.1) is 0 Å². The van der Waals surface area contributed by atoms with Gasteiger partial charge >= 0.3 is 18.3 Å². The molecular weight excluding hydrogens is 397 g/mol. The molecule has 0 aliphatic carbocycles. The van der Waals surface area contributed by atoms with Gasteiger partial charge in [0.15, 0.2) is 0 Å². The van der Waals surface area contributed by atoms with Crippen molar-refractivity contribution in [2.75, 3.05) is 6.61 Å². The van der Waals surface area contributed by atoms with Crippen LogP contribution in [0.1, 0.15) is 20.3 Å². The molecular formula is C9H11F6IO3. The molecule has 0 aliphatic rings. The summed E-state index contributed by atoms with van der Waals surface area (Å²) in [5.74, 6) is -1.26. The smallest absolute Gasteiger partial charge is 0.429 e. The summed E-state index contributed by atoms with van der Waals surface area (Å²) in [7, 11) is 0. The van der Waals surface area contributed by atoms with Crippen LogP contribution in [0.15, 0.2) is 0 Å². The zero-order chi connectivity index (χ0) is 15.7. The summed E-state index contributed by atoms with van der Waals surface area (Å²) >= 11 is 1.54. The Balaban J connectivity index is 5.07. The molecule has 0 aromatic carbocycles. The van der Waals surface area contributed by atoms with Crippen LogP contribution in [-0.2, 0) is 9.53 Å². The van der Waals surface area contributed by atoms with Gasteiger partial charge in [0.25, 0.3) is 5.60 Å². The van der Waals surface area contributed by atoms with Crippen molar-refractivity contribution in [1.29, 1.82) is 0 Å². The summed E-state index contributed by atoms with van der Waals surface area (Å²) in [5.41, 5.74) is -5.07. The number of alkyl halides is 7. The third kappa shape index (κ3) is 4.10. The van der Waals surface area contributed by atoms with Gasteiger partial charge in [-0.1, -0.05) is 29.5 Å². The van der Waals surface area contributed by atoms with Gasteiger partial charge in [-0.05, 0) is 13.3 Å². The lowest BCUT2D eigenvalue weighted by Crippen LogP contribution is -2.60. The van der Waals surface area contributed by atoms with Gasteiger partial charge in [0.2, 0.25) is 0 Å². The lowest BCUT2D eigenvalue weighted by atomic mass is 10.0. The highest BCUT2D eigenvalue weighted by molar-refractivity contribution is 14.1. The van der Waals surface area contributed by atoms with Crippen LogP contribution in [0.25, 0.3) is 0 Å². The predicted molar refractivity (Wildman–Crippen MR) is 60.7 cm³/mol. The monoisotopic (exact) mass is 408 g/mol. The first kappa shape index (κ1) is 18.7.